The van der Waals surface area contributed by atoms with Gasteiger partial charge in [-0.15, -0.1) is 0 Å². The fraction of sp³-hybridized carbons (Fsp3) is 0.592. The molecule has 1 aliphatic rings. The summed E-state index contributed by atoms with van der Waals surface area (Å²) >= 11 is 0. The first-order chi connectivity index (χ1) is 32.5. The molecule has 0 bridgehead atoms. The van der Waals surface area contributed by atoms with Crippen molar-refractivity contribution in [3.8, 4) is 0 Å². The molecular formula is C49H78O17P2. The van der Waals surface area contributed by atoms with Crippen LogP contribution in [0.25, 0.3) is 0 Å². The van der Waals surface area contributed by atoms with E-state index in [1.807, 2.05) is 79.8 Å². The smallest absolute Gasteiger partial charge is 0.462 e. The Balaban J connectivity index is 2.69. The van der Waals surface area contributed by atoms with Crippen molar-refractivity contribution in [2.45, 2.75) is 172 Å². The van der Waals surface area contributed by atoms with Crippen molar-refractivity contribution in [3.05, 3.63) is 109 Å². The van der Waals surface area contributed by atoms with Crippen molar-refractivity contribution in [1.82, 2.24) is 0 Å². The van der Waals surface area contributed by atoms with Crippen LogP contribution in [0.4, 0.5) is 0 Å². The van der Waals surface area contributed by atoms with Crippen LogP contribution in [0.3, 0.4) is 0 Å². The van der Waals surface area contributed by atoms with Crippen LogP contribution in [0.5, 0.6) is 0 Å². The van der Waals surface area contributed by atoms with Gasteiger partial charge in [-0.25, -0.2) is 9.13 Å². The molecule has 1 saturated carbocycles. The number of allylic oxidation sites excluding steroid dienone is 16. The van der Waals surface area contributed by atoms with E-state index in [1.165, 1.54) is 19.3 Å². The maximum atomic E-state index is 13.0. The largest absolute Gasteiger partial charge is 0.472 e. The number of hydrogen-bond acceptors (Lipinski definition) is 14. The Morgan fingerprint density at radius 3 is 1.65 bits per heavy atom. The predicted molar refractivity (Wildman–Crippen MR) is 261 cm³/mol. The van der Waals surface area contributed by atoms with Gasteiger partial charge in [-0.3, -0.25) is 23.2 Å². The fourth-order valence-electron chi connectivity index (χ4n) is 6.26. The number of phosphoric acid groups is 2. The van der Waals surface area contributed by atoms with E-state index in [-0.39, 0.29) is 12.8 Å². The lowest BCUT2D eigenvalue weighted by Gasteiger charge is -2.43. The summed E-state index contributed by atoms with van der Waals surface area (Å²) in [5.41, 5.74) is 0. The topological polar surface area (TPSA) is 276 Å². The van der Waals surface area contributed by atoms with Crippen molar-refractivity contribution in [2.24, 2.45) is 0 Å². The maximum absolute atomic E-state index is 13.0. The van der Waals surface area contributed by atoms with Gasteiger partial charge in [0.05, 0.1) is 12.7 Å². The molecule has 0 aromatic carbocycles. The SMILES string of the molecule is CC/C=C\CC(O)/C=C/C=C/C/C=C\C/C=C\C/C=C\CCC(=O)OC[C@H](COP(=O)(O)O[C@H]1C(O)C(O)C(O)[C@@H](OP(=O)(O)O)C1O)OC(=O)CCCC/C=C\C/C=C\C/C=C\CCCCC. The van der Waals surface area contributed by atoms with E-state index in [9.17, 15) is 58.9 Å². The summed E-state index contributed by atoms with van der Waals surface area (Å²) in [6.45, 7) is 2.76. The summed E-state index contributed by atoms with van der Waals surface area (Å²) < 4.78 is 49.2. The highest BCUT2D eigenvalue weighted by Gasteiger charge is 2.54. The van der Waals surface area contributed by atoms with Crippen LogP contribution in [0.2, 0.25) is 0 Å². The number of esters is 2. The summed E-state index contributed by atoms with van der Waals surface area (Å²) in [5.74, 6) is -1.38. The summed E-state index contributed by atoms with van der Waals surface area (Å²) in [7, 11) is -10.7. The minimum Gasteiger partial charge on any atom is -0.462 e. The van der Waals surface area contributed by atoms with Crippen LogP contribution < -0.4 is 0 Å². The number of carbonyl (C=O) groups excluding carboxylic acids is 2. The molecule has 17 nitrogen and oxygen atoms in total. The van der Waals surface area contributed by atoms with Gasteiger partial charge >= 0.3 is 27.6 Å². The molecule has 0 saturated heterocycles. The Kier molecular flexibility index (Phi) is 35.4. The van der Waals surface area contributed by atoms with Crippen LogP contribution in [0, 0.1) is 0 Å². The highest BCUT2D eigenvalue weighted by Crippen LogP contribution is 2.49. The molecule has 1 fully saturated rings. The minimum absolute atomic E-state index is 0.0351. The molecule has 0 heterocycles. The first kappa shape index (κ1) is 62.6. The molecule has 0 radical (unpaired) electrons. The zero-order valence-corrected chi connectivity index (χ0v) is 41.4. The number of aliphatic hydroxyl groups is 5. The van der Waals surface area contributed by atoms with Crippen molar-refractivity contribution in [2.75, 3.05) is 13.2 Å². The Labute approximate surface area is 402 Å². The highest BCUT2D eigenvalue weighted by atomic mass is 31.2. The zero-order chi connectivity index (χ0) is 50.5. The average molecular weight is 1000 g/mol. The third kappa shape index (κ3) is 32.4. The normalized spacial score (nSPS) is 22.7. The van der Waals surface area contributed by atoms with Crippen molar-refractivity contribution in [3.63, 3.8) is 0 Å². The van der Waals surface area contributed by atoms with Gasteiger partial charge in [-0.1, -0.05) is 136 Å². The number of carbonyl (C=O) groups is 2. The van der Waals surface area contributed by atoms with Gasteiger partial charge in [-0.2, -0.15) is 0 Å². The Hall–Kier alpha value is -3.38. The lowest BCUT2D eigenvalue weighted by molar-refractivity contribution is -0.216. The summed E-state index contributed by atoms with van der Waals surface area (Å²) in [6.07, 6.45) is 32.5. The Morgan fingerprint density at radius 1 is 0.559 bits per heavy atom. The third-order valence-corrected chi connectivity index (χ3v) is 11.4. The molecular weight excluding hydrogens is 922 g/mol. The number of rotatable bonds is 37. The first-order valence-electron chi connectivity index (χ1n) is 23.5. The van der Waals surface area contributed by atoms with Gasteiger partial charge in [-0.05, 0) is 83.5 Å². The van der Waals surface area contributed by atoms with Crippen LogP contribution in [-0.4, -0.2) is 114 Å². The molecule has 0 amide bonds. The molecule has 0 spiro atoms. The van der Waals surface area contributed by atoms with Gasteiger partial charge in [0.1, 0.15) is 43.2 Å². The molecule has 9 atom stereocenters. The molecule has 1 rings (SSSR count). The van der Waals surface area contributed by atoms with Crippen LogP contribution in [0.1, 0.15) is 123 Å². The molecule has 0 aromatic rings. The molecule has 0 aliphatic heterocycles. The van der Waals surface area contributed by atoms with Crippen molar-refractivity contribution >= 4 is 27.6 Å². The van der Waals surface area contributed by atoms with Gasteiger partial charge in [0.25, 0.3) is 0 Å². The second kappa shape index (κ2) is 38.4. The van der Waals surface area contributed by atoms with Crippen LogP contribution in [0.15, 0.2) is 109 Å². The van der Waals surface area contributed by atoms with Crippen molar-refractivity contribution in [1.29, 1.82) is 0 Å². The molecule has 8 N–H and O–H groups in total. The Morgan fingerprint density at radius 2 is 1.09 bits per heavy atom. The lowest BCUT2D eigenvalue weighted by atomic mass is 9.85. The number of hydrogen-bond donors (Lipinski definition) is 8. The van der Waals surface area contributed by atoms with E-state index in [2.05, 4.69) is 35.8 Å². The quantitative estimate of drug-likeness (QED) is 0.00965. The Bertz CT molecular complexity index is 1750. The molecule has 386 valence electrons. The molecule has 0 aromatic heterocycles. The summed E-state index contributed by atoms with van der Waals surface area (Å²) in [5, 5.41) is 51.1. The number of aliphatic hydroxyl groups excluding tert-OH is 5. The predicted octanol–water partition coefficient (Wildman–Crippen LogP) is 7.92. The van der Waals surface area contributed by atoms with Crippen LogP contribution >= 0.6 is 15.6 Å². The third-order valence-electron chi connectivity index (χ3n) is 9.92. The van der Waals surface area contributed by atoms with Gasteiger partial charge < -0.3 is 49.7 Å². The van der Waals surface area contributed by atoms with Crippen molar-refractivity contribution < 1.29 is 82.0 Å². The highest BCUT2D eigenvalue weighted by molar-refractivity contribution is 7.47. The van der Waals surface area contributed by atoms with E-state index in [0.717, 1.165) is 38.5 Å². The fourth-order valence-corrected chi connectivity index (χ4v) is 7.80. The average Bonchev–Trinajstić information content (AvgIpc) is 3.29. The van der Waals surface area contributed by atoms with Gasteiger partial charge in [0, 0.05) is 12.8 Å². The number of unbranched alkanes of at least 4 members (excludes halogenated alkanes) is 5. The minimum atomic E-state index is -5.39. The number of phosphoric ester groups is 2. The van der Waals surface area contributed by atoms with E-state index in [4.69, 9.17) is 18.5 Å². The van der Waals surface area contributed by atoms with E-state index in [1.54, 1.807) is 12.2 Å². The summed E-state index contributed by atoms with van der Waals surface area (Å²) in [6, 6.07) is 0. The first-order valence-corrected chi connectivity index (χ1v) is 26.6. The zero-order valence-electron chi connectivity index (χ0n) is 39.6. The van der Waals surface area contributed by atoms with Crippen LogP contribution in [-0.2, 0) is 41.8 Å². The molecule has 68 heavy (non-hydrogen) atoms. The second-order valence-electron chi connectivity index (χ2n) is 15.9. The molecule has 6 unspecified atom stereocenters. The maximum Gasteiger partial charge on any atom is 0.472 e. The molecule has 1 aliphatic carbocycles. The lowest BCUT2D eigenvalue weighted by Crippen LogP contribution is -2.64. The molecule has 19 heteroatoms. The standard InChI is InChI=1S/C49H78O17P2/c1-3-5-7-8-9-10-11-12-13-16-20-23-26-29-33-37-43(52)64-41(39-63-68(60,61)66-49-46(55)44(53)45(54)48(47(49)56)65-67(57,58)59)38-62-42(51)36-32-28-25-22-19-17-14-15-18-21-24-27-31-35-40(50)34-30-6-4-2/h6,9-10,12-13,15,17-20,23-25,27-28,30-31,35,40-41,44-50,53-56H,3-5,7-8,11,14,16,21-22,26,29,32-34,36-39H2,1-2H3,(H,60,61)(H2,57,58,59)/b10-9-,13-12-,18-15-,19-17-,23-20-,27-24+,28-25-,30-6-,35-31+/t40?,41-,44?,45?,46?,47?,48-,49+/m1/s1. The summed E-state index contributed by atoms with van der Waals surface area (Å²) in [4.78, 5) is 54.2. The number of ether oxygens (including phenoxy) is 2. The van der Waals surface area contributed by atoms with Gasteiger partial charge in [0.15, 0.2) is 6.10 Å². The second-order valence-corrected chi connectivity index (χ2v) is 18.5. The van der Waals surface area contributed by atoms with Gasteiger partial charge in [0.2, 0.25) is 0 Å². The van der Waals surface area contributed by atoms with E-state index >= 15 is 0 Å². The van der Waals surface area contributed by atoms with E-state index in [0.29, 0.717) is 38.5 Å². The van der Waals surface area contributed by atoms with E-state index < -0.39 is 89.6 Å². The monoisotopic (exact) mass is 1000 g/mol.